The Morgan fingerprint density at radius 3 is 2.90 bits per heavy atom. The van der Waals surface area contributed by atoms with E-state index in [2.05, 4.69) is 16.4 Å². The van der Waals surface area contributed by atoms with Gasteiger partial charge in [0.25, 0.3) is 0 Å². The molecule has 1 saturated carbocycles. The van der Waals surface area contributed by atoms with Crippen LogP contribution in [-0.2, 0) is 4.79 Å². The Balaban J connectivity index is 1.93. The second kappa shape index (κ2) is 5.41. The molecule has 1 aliphatic carbocycles. The van der Waals surface area contributed by atoms with Crippen molar-refractivity contribution in [3.05, 3.63) is 35.9 Å². The average molecular weight is 281 g/mol. The number of nitrogens with zero attached hydrogens (tertiary/aromatic N) is 2. The average Bonchev–Trinajstić information content (AvgIpc) is 3.30. The van der Waals surface area contributed by atoms with Crippen LogP contribution < -0.4 is 5.32 Å². The Hall–Kier alpha value is -2.61. The molecule has 1 aromatic carbocycles. The summed E-state index contributed by atoms with van der Waals surface area (Å²) >= 11 is 0. The van der Waals surface area contributed by atoms with Crippen LogP contribution in [0.5, 0.6) is 0 Å². The number of para-hydroxylation sites is 1. The van der Waals surface area contributed by atoms with Crippen molar-refractivity contribution in [2.45, 2.75) is 25.3 Å². The number of rotatable bonds is 5. The molecule has 5 heteroatoms. The molecule has 0 spiro atoms. The summed E-state index contributed by atoms with van der Waals surface area (Å²) in [6, 6.07) is 11.2. The summed E-state index contributed by atoms with van der Waals surface area (Å²) in [6.07, 6.45) is 2.16. The van der Waals surface area contributed by atoms with Gasteiger partial charge in [0.15, 0.2) is 0 Å². The van der Waals surface area contributed by atoms with Gasteiger partial charge in [-0.15, -0.1) is 0 Å². The summed E-state index contributed by atoms with van der Waals surface area (Å²) in [7, 11) is 0. The second-order valence-corrected chi connectivity index (χ2v) is 5.37. The highest BCUT2D eigenvalue weighted by molar-refractivity contribution is 5.86. The lowest BCUT2D eigenvalue weighted by atomic mass is 10.1. The lowest BCUT2D eigenvalue weighted by Crippen LogP contribution is -2.25. The summed E-state index contributed by atoms with van der Waals surface area (Å²) < 4.78 is 0. The van der Waals surface area contributed by atoms with Gasteiger partial charge in [-0.25, -0.2) is 4.98 Å². The van der Waals surface area contributed by atoms with Gasteiger partial charge in [-0.3, -0.25) is 4.79 Å². The Labute approximate surface area is 122 Å². The first-order valence-electron chi connectivity index (χ1n) is 6.95. The van der Waals surface area contributed by atoms with E-state index in [1.807, 2.05) is 24.3 Å². The number of pyridine rings is 1. The van der Waals surface area contributed by atoms with Crippen LogP contribution in [0.1, 0.15) is 24.8 Å². The zero-order chi connectivity index (χ0) is 14.8. The van der Waals surface area contributed by atoms with Crippen LogP contribution >= 0.6 is 0 Å². The van der Waals surface area contributed by atoms with Crippen molar-refractivity contribution in [2.24, 2.45) is 5.92 Å². The van der Waals surface area contributed by atoms with Crippen molar-refractivity contribution in [2.75, 3.05) is 5.32 Å². The predicted molar refractivity (Wildman–Crippen MR) is 78.8 cm³/mol. The lowest BCUT2D eigenvalue weighted by Gasteiger charge is -2.17. The van der Waals surface area contributed by atoms with Gasteiger partial charge in [-0.2, -0.15) is 5.26 Å². The van der Waals surface area contributed by atoms with Crippen molar-refractivity contribution >= 4 is 22.7 Å². The molecule has 0 aliphatic heterocycles. The molecule has 1 heterocycles. The van der Waals surface area contributed by atoms with Crippen molar-refractivity contribution in [1.82, 2.24) is 4.98 Å². The number of benzene rings is 1. The Kier molecular flexibility index (Phi) is 3.44. The second-order valence-electron chi connectivity index (χ2n) is 5.37. The van der Waals surface area contributed by atoms with E-state index in [1.165, 1.54) is 0 Å². The van der Waals surface area contributed by atoms with Gasteiger partial charge < -0.3 is 10.4 Å². The summed E-state index contributed by atoms with van der Waals surface area (Å²) in [5.74, 6) is 0.143. The summed E-state index contributed by atoms with van der Waals surface area (Å²) in [5, 5.41) is 22.3. The molecular formula is C16H15N3O2. The van der Waals surface area contributed by atoms with E-state index in [4.69, 9.17) is 5.11 Å². The van der Waals surface area contributed by atoms with E-state index in [1.54, 1.807) is 6.07 Å². The van der Waals surface area contributed by atoms with Gasteiger partial charge in [0, 0.05) is 11.4 Å². The van der Waals surface area contributed by atoms with Crippen LogP contribution in [0.4, 0.5) is 5.82 Å². The quantitative estimate of drug-likeness (QED) is 0.880. The molecule has 0 radical (unpaired) electrons. The maximum Gasteiger partial charge on any atom is 0.305 e. The van der Waals surface area contributed by atoms with Gasteiger partial charge in [0.2, 0.25) is 0 Å². The minimum Gasteiger partial charge on any atom is -0.481 e. The molecule has 106 valence electrons. The Morgan fingerprint density at radius 2 is 2.24 bits per heavy atom. The fraction of sp³-hybridized carbons (Fsp3) is 0.312. The number of hydrogen-bond donors (Lipinski definition) is 2. The standard InChI is InChI=1S/C16H15N3O2/c17-9-11-7-15(18-13-4-2-1-3-12(11)13)19-14(8-16(20)21)10-5-6-10/h1-4,7,10,14H,5-6,8H2,(H,18,19)(H,20,21). The molecule has 1 fully saturated rings. The SMILES string of the molecule is N#Cc1cc(NC(CC(=O)O)C2CC2)nc2ccccc12. The first-order chi connectivity index (χ1) is 10.2. The number of aliphatic carboxylic acids is 1. The molecule has 1 aromatic heterocycles. The summed E-state index contributed by atoms with van der Waals surface area (Å²) in [6.45, 7) is 0. The van der Waals surface area contributed by atoms with Crippen molar-refractivity contribution in [1.29, 1.82) is 5.26 Å². The van der Waals surface area contributed by atoms with Crippen molar-refractivity contribution in [3.63, 3.8) is 0 Å². The van der Waals surface area contributed by atoms with E-state index in [0.29, 0.717) is 17.3 Å². The highest BCUT2D eigenvalue weighted by Gasteiger charge is 2.33. The lowest BCUT2D eigenvalue weighted by molar-refractivity contribution is -0.137. The van der Waals surface area contributed by atoms with Crippen LogP contribution in [0.3, 0.4) is 0 Å². The largest absolute Gasteiger partial charge is 0.481 e. The van der Waals surface area contributed by atoms with Gasteiger partial charge in [-0.1, -0.05) is 18.2 Å². The number of carbonyl (C=O) groups is 1. The minimum atomic E-state index is -0.819. The van der Waals surface area contributed by atoms with E-state index < -0.39 is 5.97 Å². The Bertz CT molecular complexity index is 732. The van der Waals surface area contributed by atoms with E-state index in [0.717, 1.165) is 23.7 Å². The molecule has 1 atom stereocenters. The molecule has 2 aromatic rings. The van der Waals surface area contributed by atoms with Crippen LogP contribution in [0.25, 0.3) is 10.9 Å². The predicted octanol–water partition coefficient (Wildman–Crippen LogP) is 2.77. The molecular weight excluding hydrogens is 266 g/mol. The van der Waals surface area contributed by atoms with Crippen LogP contribution in [0, 0.1) is 17.2 Å². The minimum absolute atomic E-state index is 0.0705. The van der Waals surface area contributed by atoms with Gasteiger partial charge >= 0.3 is 5.97 Å². The molecule has 5 nitrogen and oxygen atoms in total. The van der Waals surface area contributed by atoms with Crippen molar-refractivity contribution < 1.29 is 9.90 Å². The van der Waals surface area contributed by atoms with E-state index >= 15 is 0 Å². The highest BCUT2D eigenvalue weighted by Crippen LogP contribution is 2.35. The zero-order valence-electron chi connectivity index (χ0n) is 11.4. The van der Waals surface area contributed by atoms with Gasteiger partial charge in [0.05, 0.1) is 23.6 Å². The number of anilines is 1. The first-order valence-corrected chi connectivity index (χ1v) is 6.95. The number of aromatic nitrogens is 1. The molecule has 2 N–H and O–H groups in total. The van der Waals surface area contributed by atoms with Crippen LogP contribution in [-0.4, -0.2) is 22.1 Å². The van der Waals surface area contributed by atoms with Gasteiger partial charge in [0.1, 0.15) is 5.82 Å². The molecule has 1 aliphatic rings. The summed E-state index contributed by atoms with van der Waals surface area (Å²) in [4.78, 5) is 15.4. The number of fused-ring (bicyclic) bond motifs is 1. The number of nitrogens with one attached hydrogen (secondary N) is 1. The Morgan fingerprint density at radius 1 is 1.48 bits per heavy atom. The molecule has 3 rings (SSSR count). The fourth-order valence-electron chi connectivity index (χ4n) is 2.55. The third-order valence-corrected chi connectivity index (χ3v) is 3.76. The topological polar surface area (TPSA) is 86.0 Å². The summed E-state index contributed by atoms with van der Waals surface area (Å²) in [5.41, 5.74) is 1.29. The third-order valence-electron chi connectivity index (χ3n) is 3.76. The molecule has 21 heavy (non-hydrogen) atoms. The fourth-order valence-corrected chi connectivity index (χ4v) is 2.55. The molecule has 0 saturated heterocycles. The first kappa shape index (κ1) is 13.4. The third kappa shape index (κ3) is 2.95. The monoisotopic (exact) mass is 281 g/mol. The normalized spacial score (nSPS) is 15.4. The van der Waals surface area contributed by atoms with Crippen LogP contribution in [0.2, 0.25) is 0 Å². The molecule has 0 amide bonds. The van der Waals surface area contributed by atoms with E-state index in [9.17, 15) is 10.1 Å². The molecule has 0 bridgehead atoms. The number of nitriles is 1. The number of carboxylic acid groups (broad SMARTS) is 1. The van der Waals surface area contributed by atoms with E-state index in [-0.39, 0.29) is 12.5 Å². The van der Waals surface area contributed by atoms with Crippen molar-refractivity contribution in [3.8, 4) is 6.07 Å². The van der Waals surface area contributed by atoms with Gasteiger partial charge in [-0.05, 0) is 30.9 Å². The molecule has 1 unspecified atom stereocenters. The smallest absolute Gasteiger partial charge is 0.305 e. The maximum atomic E-state index is 11.0. The zero-order valence-corrected chi connectivity index (χ0v) is 11.4. The number of carboxylic acids is 1. The highest BCUT2D eigenvalue weighted by atomic mass is 16.4. The van der Waals surface area contributed by atoms with Crippen LogP contribution in [0.15, 0.2) is 30.3 Å². The number of hydrogen-bond acceptors (Lipinski definition) is 4. The maximum absolute atomic E-state index is 11.0.